The Bertz CT molecular complexity index is 1960. The number of hydrogen-bond donors (Lipinski definition) is 4. The summed E-state index contributed by atoms with van der Waals surface area (Å²) in [5, 5.41) is 15.8. The van der Waals surface area contributed by atoms with Crippen molar-refractivity contribution in [3.05, 3.63) is 83.6 Å². The first-order chi connectivity index (χ1) is 28.8. The summed E-state index contributed by atoms with van der Waals surface area (Å²) in [4.78, 5) is 85.4. The van der Waals surface area contributed by atoms with Gasteiger partial charge < -0.3 is 40.2 Å². The zero-order valence-electron chi connectivity index (χ0n) is 34.8. The lowest BCUT2D eigenvalue weighted by Crippen LogP contribution is -2.57. The van der Waals surface area contributed by atoms with Crippen LogP contribution in [0, 0.1) is 5.92 Å². The molecule has 6 atom stereocenters. The van der Waals surface area contributed by atoms with Crippen molar-refractivity contribution in [1.29, 1.82) is 0 Å². The quantitative estimate of drug-likeness (QED) is 0.0951. The Hall–Kier alpha value is -5.45. The number of nitrogens with one attached hydrogen (secondary N) is 4. The Morgan fingerprint density at radius 3 is 2.27 bits per heavy atom. The lowest BCUT2D eigenvalue weighted by Gasteiger charge is -2.33. The average molecular weight is 828 g/mol. The maximum atomic E-state index is 14.3. The summed E-state index contributed by atoms with van der Waals surface area (Å²) < 4.78 is 15.9. The Balaban J connectivity index is 1.13. The van der Waals surface area contributed by atoms with Crippen LogP contribution in [-0.2, 0) is 52.8 Å². The summed E-state index contributed by atoms with van der Waals surface area (Å²) >= 11 is 0. The van der Waals surface area contributed by atoms with Gasteiger partial charge in [0.2, 0.25) is 23.6 Å². The minimum absolute atomic E-state index is 0.0897. The minimum Gasteiger partial charge on any atom is -0.390 e. The van der Waals surface area contributed by atoms with Gasteiger partial charge in [0.25, 0.3) is 0 Å². The van der Waals surface area contributed by atoms with Crippen LogP contribution in [0.25, 0.3) is 0 Å². The summed E-state index contributed by atoms with van der Waals surface area (Å²) in [6.45, 7) is 10.8. The fraction of sp³-hybridized carbons (Fsp3) is 0.523. The molecule has 4 heterocycles. The molecule has 3 aromatic rings. The van der Waals surface area contributed by atoms with Crippen LogP contribution in [0.2, 0.25) is 0 Å². The van der Waals surface area contributed by atoms with E-state index in [1.807, 2.05) is 86.3 Å². The first-order valence-electron chi connectivity index (χ1n) is 20.9. The number of likely N-dealkylation sites (tertiary alicyclic amines) is 1. The smallest absolute Gasteiger partial charge is 0.327 e. The third-order valence-electron chi connectivity index (χ3n) is 11.1. The molecule has 0 spiro atoms. The van der Waals surface area contributed by atoms with Gasteiger partial charge in [-0.2, -0.15) is 0 Å². The van der Waals surface area contributed by atoms with E-state index in [-0.39, 0.29) is 62.2 Å². The van der Waals surface area contributed by atoms with Gasteiger partial charge in [0.05, 0.1) is 31.3 Å². The number of benzene rings is 2. The fourth-order valence-electron chi connectivity index (χ4n) is 7.81. The largest absolute Gasteiger partial charge is 0.390 e. The van der Waals surface area contributed by atoms with E-state index < -0.39 is 65.4 Å². The molecule has 3 saturated heterocycles. The molecule has 3 aliphatic heterocycles. The highest BCUT2D eigenvalue weighted by Crippen LogP contribution is 2.30. The number of ketones is 1. The molecule has 1 aromatic heterocycles. The highest BCUT2D eigenvalue weighted by Gasteiger charge is 2.51. The molecule has 0 saturated carbocycles. The Morgan fingerprint density at radius 2 is 1.62 bits per heavy atom. The monoisotopic (exact) mass is 827 g/mol. The Kier molecular flexibility index (Phi) is 14.9. The second-order valence-corrected chi connectivity index (χ2v) is 16.6. The Morgan fingerprint density at radius 1 is 0.950 bits per heavy atom. The van der Waals surface area contributed by atoms with Crippen molar-refractivity contribution in [2.45, 2.75) is 102 Å². The lowest BCUT2D eigenvalue weighted by molar-refractivity contribution is -0.142. The van der Waals surface area contributed by atoms with E-state index in [2.05, 4.69) is 26.4 Å². The molecule has 0 aliphatic carbocycles. The minimum atomic E-state index is -1.03. The SMILES string of the molecule is CC(C)C[C@H](NC(=O)[C@H](Cc1ccccc1)N1C(=O)[C@@H](NC(=O)[C@H](CCc2ccccc2)NC(=O)Cc2cc(OC(=O)CN3CCNCC3)on2)CC1C)C(=O)C1(C)CO1. The van der Waals surface area contributed by atoms with Crippen molar-refractivity contribution >= 4 is 35.4 Å². The molecule has 4 amide bonds. The summed E-state index contributed by atoms with van der Waals surface area (Å²) in [6.07, 6.45) is 1.23. The predicted molar refractivity (Wildman–Crippen MR) is 219 cm³/mol. The Labute approximate surface area is 350 Å². The number of hydrogen-bond acceptors (Lipinski definition) is 12. The molecule has 16 nitrogen and oxygen atoms in total. The maximum absolute atomic E-state index is 14.3. The van der Waals surface area contributed by atoms with Crippen LogP contribution in [0.4, 0.5) is 0 Å². The summed E-state index contributed by atoms with van der Waals surface area (Å²) in [5.41, 5.74) is 1.04. The van der Waals surface area contributed by atoms with Gasteiger partial charge in [-0.1, -0.05) is 79.7 Å². The summed E-state index contributed by atoms with van der Waals surface area (Å²) in [6, 6.07) is 16.0. The van der Waals surface area contributed by atoms with E-state index in [0.717, 1.165) is 24.2 Å². The van der Waals surface area contributed by atoms with Gasteiger partial charge in [-0.3, -0.25) is 33.7 Å². The zero-order valence-corrected chi connectivity index (χ0v) is 34.8. The van der Waals surface area contributed by atoms with Crippen LogP contribution in [0.3, 0.4) is 0 Å². The number of aryl methyl sites for hydroxylation is 1. The predicted octanol–water partition coefficient (Wildman–Crippen LogP) is 1.75. The molecule has 60 heavy (non-hydrogen) atoms. The van der Waals surface area contributed by atoms with Gasteiger partial charge in [0.15, 0.2) is 5.78 Å². The zero-order chi connectivity index (χ0) is 42.8. The van der Waals surface area contributed by atoms with Crippen LogP contribution < -0.4 is 26.0 Å². The molecule has 3 aliphatic rings. The van der Waals surface area contributed by atoms with E-state index in [0.29, 0.717) is 25.9 Å². The topological polar surface area (TPSA) is 205 Å². The van der Waals surface area contributed by atoms with E-state index in [4.69, 9.17) is 14.0 Å². The van der Waals surface area contributed by atoms with Crippen molar-refractivity contribution in [1.82, 2.24) is 36.2 Å². The number of carbonyl (C=O) groups is 6. The molecular weight excluding hydrogens is 771 g/mol. The number of Topliss-reactive ketones (excluding diaryl/α,β-unsaturated/α-hetero) is 1. The standard InChI is InChI=1S/C44H57N7O9/c1-28(2)21-34(40(54)44(4)27-58-44)47-42(56)36(23-31-13-9-6-10-14-31)51-29(3)22-35(43(51)57)48-41(55)33(16-15-30-11-7-5-8-12-30)46-37(52)24-32-25-39(60-49-32)59-38(53)26-50-19-17-45-18-20-50/h5-14,25,28-29,33-36,45H,15-24,26-27H2,1-4H3,(H,46,52)(H,47,56)(H,48,55)/t29?,33-,34-,35-,36-,44?/m0/s1. The molecule has 0 bridgehead atoms. The molecule has 6 rings (SSSR count). The molecule has 16 heteroatoms. The highest BCUT2D eigenvalue weighted by molar-refractivity contribution is 5.99. The summed E-state index contributed by atoms with van der Waals surface area (Å²) in [7, 11) is 0. The van der Waals surface area contributed by atoms with Crippen LogP contribution in [0.1, 0.15) is 63.8 Å². The van der Waals surface area contributed by atoms with Crippen LogP contribution in [0.15, 0.2) is 71.3 Å². The van der Waals surface area contributed by atoms with Crippen LogP contribution in [-0.4, -0.2) is 125 Å². The van der Waals surface area contributed by atoms with Crippen molar-refractivity contribution in [2.75, 3.05) is 39.3 Å². The maximum Gasteiger partial charge on any atom is 0.327 e. The molecule has 2 unspecified atom stereocenters. The van der Waals surface area contributed by atoms with Gasteiger partial charge in [0.1, 0.15) is 23.7 Å². The number of carbonyl (C=O) groups excluding carboxylic acids is 6. The molecule has 4 N–H and O–H groups in total. The first kappa shape index (κ1) is 44.1. The lowest BCUT2D eigenvalue weighted by atomic mass is 9.92. The van der Waals surface area contributed by atoms with Gasteiger partial charge in [-0.05, 0) is 56.6 Å². The normalized spacial score (nSPS) is 21.8. The first-order valence-corrected chi connectivity index (χ1v) is 20.9. The van der Waals surface area contributed by atoms with Gasteiger partial charge >= 0.3 is 11.9 Å². The second-order valence-electron chi connectivity index (χ2n) is 16.6. The molecule has 0 radical (unpaired) electrons. The molecule has 3 fully saturated rings. The molecule has 322 valence electrons. The number of epoxide rings is 1. The number of rotatable bonds is 20. The highest BCUT2D eigenvalue weighted by atomic mass is 16.7. The van der Waals surface area contributed by atoms with Gasteiger partial charge in [-0.15, -0.1) is 0 Å². The van der Waals surface area contributed by atoms with Crippen LogP contribution in [0.5, 0.6) is 5.95 Å². The van der Waals surface area contributed by atoms with E-state index in [1.54, 1.807) is 6.92 Å². The fourth-order valence-corrected chi connectivity index (χ4v) is 7.81. The van der Waals surface area contributed by atoms with Crippen molar-refractivity contribution in [2.24, 2.45) is 5.92 Å². The van der Waals surface area contributed by atoms with E-state index >= 15 is 0 Å². The van der Waals surface area contributed by atoms with Crippen molar-refractivity contribution in [3.63, 3.8) is 0 Å². The van der Waals surface area contributed by atoms with Crippen LogP contribution >= 0.6 is 0 Å². The second kappa shape index (κ2) is 20.2. The number of ether oxygens (including phenoxy) is 2. The van der Waals surface area contributed by atoms with E-state index in [9.17, 15) is 28.8 Å². The third-order valence-corrected chi connectivity index (χ3v) is 11.1. The van der Waals surface area contributed by atoms with Gasteiger partial charge in [0, 0.05) is 44.7 Å². The summed E-state index contributed by atoms with van der Waals surface area (Å²) in [5.74, 6) is -2.74. The van der Waals surface area contributed by atoms with Crippen molar-refractivity contribution < 1.29 is 42.8 Å². The average Bonchev–Trinajstić information content (AvgIpc) is 3.73. The molecular formula is C44H57N7O9. The number of esters is 1. The van der Waals surface area contributed by atoms with Crippen molar-refractivity contribution in [3.8, 4) is 5.95 Å². The third kappa shape index (κ3) is 12.1. The number of aromatic nitrogens is 1. The number of nitrogens with zero attached hydrogens (tertiary/aromatic N) is 3. The molecule has 2 aromatic carbocycles. The number of amides is 4. The number of piperazine rings is 1. The van der Waals surface area contributed by atoms with Gasteiger partial charge in [-0.25, -0.2) is 0 Å². The van der Waals surface area contributed by atoms with E-state index in [1.165, 1.54) is 11.0 Å².